The molecule has 0 unspecified atom stereocenters. The van der Waals surface area contributed by atoms with Crippen molar-refractivity contribution in [3.05, 3.63) is 44.6 Å². The number of hydrogen-bond acceptors (Lipinski definition) is 3. The molecule has 1 heterocycles. The molecular formula is C13H11Cl2NO2S. The molecule has 1 aromatic carbocycles. The van der Waals surface area contributed by atoms with Gasteiger partial charge in [0.25, 0.3) is 5.91 Å². The molecule has 6 heteroatoms. The molecule has 1 N–H and O–H groups in total. The zero-order valence-electron chi connectivity index (χ0n) is 10.1. The highest BCUT2D eigenvalue weighted by molar-refractivity contribution is 7.20. The van der Waals surface area contributed by atoms with Crippen LogP contribution in [0.1, 0.15) is 17.3 Å². The van der Waals surface area contributed by atoms with Gasteiger partial charge in [-0.05, 0) is 25.1 Å². The second-order valence-electron chi connectivity index (χ2n) is 3.65. The van der Waals surface area contributed by atoms with E-state index in [0.717, 1.165) is 11.3 Å². The summed E-state index contributed by atoms with van der Waals surface area (Å²) < 4.78 is 6.23. The first-order chi connectivity index (χ1) is 9.10. The normalized spacial score (nSPS) is 10.3. The Balaban J connectivity index is 2.14. The lowest BCUT2D eigenvalue weighted by Crippen LogP contribution is -2.11. The minimum absolute atomic E-state index is 0.290. The highest BCUT2D eigenvalue weighted by atomic mass is 35.5. The summed E-state index contributed by atoms with van der Waals surface area (Å²) in [6.07, 6.45) is 0. The van der Waals surface area contributed by atoms with Crippen molar-refractivity contribution in [1.29, 1.82) is 0 Å². The molecule has 0 aliphatic carbocycles. The van der Waals surface area contributed by atoms with E-state index < -0.39 is 0 Å². The van der Waals surface area contributed by atoms with E-state index in [0.29, 0.717) is 32.3 Å². The van der Waals surface area contributed by atoms with Crippen LogP contribution in [-0.2, 0) is 0 Å². The molecule has 0 aliphatic heterocycles. The molecule has 0 radical (unpaired) electrons. The molecule has 3 nitrogen and oxygen atoms in total. The summed E-state index contributed by atoms with van der Waals surface area (Å²) in [6.45, 7) is 2.47. The number of rotatable bonds is 4. The molecule has 0 aliphatic rings. The van der Waals surface area contributed by atoms with Gasteiger partial charge in [0, 0.05) is 11.8 Å². The Morgan fingerprint density at radius 1 is 1.37 bits per heavy atom. The first kappa shape index (κ1) is 14.2. The maximum absolute atomic E-state index is 12.0. The van der Waals surface area contributed by atoms with Crippen molar-refractivity contribution >= 4 is 46.1 Å². The molecule has 19 heavy (non-hydrogen) atoms. The second-order valence-corrected chi connectivity index (χ2v) is 5.94. The SMILES string of the molecule is CCOc1cccc(NC(=O)c2cc(Cl)sc2Cl)c1. The van der Waals surface area contributed by atoms with Crippen LogP contribution < -0.4 is 10.1 Å². The highest BCUT2D eigenvalue weighted by Crippen LogP contribution is 2.31. The summed E-state index contributed by atoms with van der Waals surface area (Å²) in [5.41, 5.74) is 1.02. The number of amides is 1. The van der Waals surface area contributed by atoms with E-state index in [1.807, 2.05) is 19.1 Å². The number of hydrogen-bond donors (Lipinski definition) is 1. The van der Waals surface area contributed by atoms with Gasteiger partial charge in [0.2, 0.25) is 0 Å². The highest BCUT2D eigenvalue weighted by Gasteiger charge is 2.14. The van der Waals surface area contributed by atoms with Gasteiger partial charge >= 0.3 is 0 Å². The van der Waals surface area contributed by atoms with Gasteiger partial charge in [0.15, 0.2) is 0 Å². The Hall–Kier alpha value is -1.23. The predicted molar refractivity (Wildman–Crippen MR) is 79.9 cm³/mol. The molecule has 0 spiro atoms. The van der Waals surface area contributed by atoms with Crippen LogP contribution >= 0.6 is 34.5 Å². The monoisotopic (exact) mass is 315 g/mol. The number of anilines is 1. The molecule has 1 amide bonds. The number of benzene rings is 1. The number of ether oxygens (including phenoxy) is 1. The number of thiophene rings is 1. The number of carbonyl (C=O) groups excluding carboxylic acids is 1. The van der Waals surface area contributed by atoms with Crippen LogP contribution in [0.2, 0.25) is 8.67 Å². The second kappa shape index (κ2) is 6.28. The summed E-state index contributed by atoms with van der Waals surface area (Å²) in [6, 6.07) is 8.72. The number of halogens is 2. The first-order valence-corrected chi connectivity index (χ1v) is 7.16. The minimum atomic E-state index is -0.290. The maximum atomic E-state index is 12.0. The van der Waals surface area contributed by atoms with Gasteiger partial charge in [-0.3, -0.25) is 4.79 Å². The first-order valence-electron chi connectivity index (χ1n) is 5.59. The van der Waals surface area contributed by atoms with Crippen LogP contribution in [0.3, 0.4) is 0 Å². The van der Waals surface area contributed by atoms with Crippen LogP contribution in [0, 0.1) is 0 Å². The summed E-state index contributed by atoms with van der Waals surface area (Å²) in [5.74, 6) is 0.413. The maximum Gasteiger partial charge on any atom is 0.258 e. The van der Waals surface area contributed by atoms with E-state index >= 15 is 0 Å². The summed E-state index contributed by atoms with van der Waals surface area (Å²) in [7, 11) is 0. The molecule has 0 bridgehead atoms. The van der Waals surface area contributed by atoms with Gasteiger partial charge in [0.1, 0.15) is 10.1 Å². The van der Waals surface area contributed by atoms with Gasteiger partial charge in [-0.25, -0.2) is 0 Å². The van der Waals surface area contributed by atoms with E-state index in [4.69, 9.17) is 27.9 Å². The third kappa shape index (κ3) is 3.62. The van der Waals surface area contributed by atoms with Crippen molar-refractivity contribution in [2.45, 2.75) is 6.92 Å². The Morgan fingerprint density at radius 2 is 2.16 bits per heavy atom. The summed E-state index contributed by atoms with van der Waals surface area (Å²) in [4.78, 5) is 12.0. The Bertz CT molecular complexity index is 598. The zero-order valence-corrected chi connectivity index (χ0v) is 12.4. The molecular weight excluding hydrogens is 305 g/mol. The van der Waals surface area contributed by atoms with Gasteiger partial charge in [-0.2, -0.15) is 0 Å². The average Bonchev–Trinajstić information content (AvgIpc) is 2.69. The van der Waals surface area contributed by atoms with Gasteiger partial charge in [-0.1, -0.05) is 29.3 Å². The van der Waals surface area contributed by atoms with Crippen LogP contribution in [0.25, 0.3) is 0 Å². The molecule has 0 saturated heterocycles. The van der Waals surface area contributed by atoms with Crippen LogP contribution in [-0.4, -0.2) is 12.5 Å². The van der Waals surface area contributed by atoms with Crippen molar-refractivity contribution in [2.24, 2.45) is 0 Å². The third-order valence-electron chi connectivity index (χ3n) is 2.30. The molecule has 1 aromatic heterocycles. The Kier molecular flexibility index (Phi) is 4.69. The van der Waals surface area contributed by atoms with E-state index in [9.17, 15) is 4.79 Å². The van der Waals surface area contributed by atoms with Crippen LogP contribution in [0.5, 0.6) is 5.75 Å². The Labute approximate surface area is 125 Å². The minimum Gasteiger partial charge on any atom is -0.494 e. The smallest absolute Gasteiger partial charge is 0.258 e. The lowest BCUT2D eigenvalue weighted by atomic mass is 10.2. The Morgan fingerprint density at radius 3 is 2.79 bits per heavy atom. The lowest BCUT2D eigenvalue weighted by Gasteiger charge is -2.07. The van der Waals surface area contributed by atoms with Crippen molar-refractivity contribution in [1.82, 2.24) is 0 Å². The lowest BCUT2D eigenvalue weighted by molar-refractivity contribution is 0.102. The number of carbonyl (C=O) groups is 1. The van der Waals surface area contributed by atoms with E-state index in [1.54, 1.807) is 18.2 Å². The number of nitrogens with one attached hydrogen (secondary N) is 1. The van der Waals surface area contributed by atoms with Crippen molar-refractivity contribution in [3.63, 3.8) is 0 Å². The fourth-order valence-electron chi connectivity index (χ4n) is 1.52. The van der Waals surface area contributed by atoms with Gasteiger partial charge in [-0.15, -0.1) is 11.3 Å². The van der Waals surface area contributed by atoms with Crippen LogP contribution in [0.15, 0.2) is 30.3 Å². The van der Waals surface area contributed by atoms with E-state index in [2.05, 4.69) is 5.32 Å². The molecule has 2 aromatic rings. The fourth-order valence-corrected chi connectivity index (χ4v) is 2.98. The molecule has 100 valence electrons. The van der Waals surface area contributed by atoms with E-state index in [-0.39, 0.29) is 5.91 Å². The predicted octanol–water partition coefficient (Wildman–Crippen LogP) is 4.71. The van der Waals surface area contributed by atoms with E-state index in [1.165, 1.54) is 0 Å². The van der Waals surface area contributed by atoms with Crippen molar-refractivity contribution < 1.29 is 9.53 Å². The van der Waals surface area contributed by atoms with Crippen molar-refractivity contribution in [3.8, 4) is 5.75 Å². The van der Waals surface area contributed by atoms with Crippen LogP contribution in [0.4, 0.5) is 5.69 Å². The van der Waals surface area contributed by atoms with Gasteiger partial charge < -0.3 is 10.1 Å². The molecule has 0 saturated carbocycles. The molecule has 2 rings (SSSR count). The standard InChI is InChI=1S/C13H11Cl2NO2S/c1-2-18-9-5-3-4-8(6-9)16-13(17)10-7-11(14)19-12(10)15/h3-7H,2H2,1H3,(H,16,17). The average molecular weight is 316 g/mol. The fraction of sp³-hybridized carbons (Fsp3) is 0.154. The van der Waals surface area contributed by atoms with Crippen molar-refractivity contribution in [2.75, 3.05) is 11.9 Å². The largest absolute Gasteiger partial charge is 0.494 e. The molecule has 0 atom stereocenters. The molecule has 0 fully saturated rings. The van der Waals surface area contributed by atoms with Gasteiger partial charge in [0.05, 0.1) is 16.5 Å². The topological polar surface area (TPSA) is 38.3 Å². The summed E-state index contributed by atoms with van der Waals surface area (Å²) in [5, 5.41) is 2.76. The quantitative estimate of drug-likeness (QED) is 0.887. The zero-order chi connectivity index (χ0) is 13.8. The third-order valence-corrected chi connectivity index (χ3v) is 3.79. The summed E-state index contributed by atoms with van der Waals surface area (Å²) >= 11 is 12.9.